The van der Waals surface area contributed by atoms with Crippen LogP contribution in [0.4, 0.5) is 0 Å². The molecule has 0 aliphatic heterocycles. The van der Waals surface area contributed by atoms with Crippen LogP contribution < -0.4 is 5.11 Å². The first kappa shape index (κ1) is 34.7. The third-order valence-electron chi connectivity index (χ3n) is 3.98. The minimum absolute atomic E-state index is 0. The van der Waals surface area contributed by atoms with Crippen molar-refractivity contribution in [3.05, 3.63) is 0 Å². The summed E-state index contributed by atoms with van der Waals surface area (Å²) in [5.41, 5.74) is 0. The summed E-state index contributed by atoms with van der Waals surface area (Å²) in [7, 11) is -5.17. The fourth-order valence-electron chi connectivity index (χ4n) is 2.64. The number of carbonyl (C=O) groups excluding carboxylic acids is 1. The molecule has 9 heteroatoms. The van der Waals surface area contributed by atoms with Gasteiger partial charge in [-0.05, 0) is 12.8 Å². The maximum Gasteiger partial charge on any atom is 2.00 e. The summed E-state index contributed by atoms with van der Waals surface area (Å²) in [4.78, 5) is 10.2. The van der Waals surface area contributed by atoms with Crippen molar-refractivity contribution in [3.8, 4) is 0 Å². The van der Waals surface area contributed by atoms with E-state index in [1.54, 1.807) is 0 Å². The third-order valence-corrected chi connectivity index (χ3v) is 3.98. The fourth-order valence-corrected chi connectivity index (χ4v) is 2.64. The molecule has 0 N–H and O–H groups in total. The van der Waals surface area contributed by atoms with E-state index in [0.717, 1.165) is 12.8 Å². The maximum atomic E-state index is 10.2. The average molecular weight is 437 g/mol. The first-order chi connectivity index (χ1) is 11.8. The molecule has 0 fully saturated rings. The van der Waals surface area contributed by atoms with Crippen LogP contribution in [0, 0.1) is 0 Å². The number of rotatable bonds is 16. The quantitative estimate of drug-likeness (QED) is 0.118. The van der Waals surface area contributed by atoms with Gasteiger partial charge in [0.05, 0.1) is 0 Å². The van der Waals surface area contributed by atoms with E-state index in [9.17, 15) is 9.90 Å². The molecular weight excluding hydrogens is 402 g/mol. The Hall–Kier alpha value is 0.172. The molecule has 0 spiro atoms. The van der Waals surface area contributed by atoms with Gasteiger partial charge in [-0.2, -0.15) is 0 Å². The second kappa shape index (κ2) is 26.2. The molecule has 0 rings (SSSR count). The molecule has 0 aliphatic rings. The van der Waals surface area contributed by atoms with Crippen LogP contribution in [0.25, 0.3) is 0 Å². The van der Waals surface area contributed by atoms with Crippen LogP contribution in [-0.2, 0) is 15.2 Å². The molecule has 0 unspecified atom stereocenters. The first-order valence-corrected chi connectivity index (χ1v) is 11.0. The summed E-state index contributed by atoms with van der Waals surface area (Å²) in [5.74, 6) is -0.903. The normalized spacial score (nSPS) is 10.2. The standard InChI is InChI=1S/C18H36O2.Al.H2O4S.P/c1-2-3-4-5-6-7-8-9-10-11-12-13-14-15-16-17-18(19)20;;1-5(2,3)4;/h2-17H2,1H3,(H,19,20);;(H2,1,2,3,4);/q;+1;;+2/p-3. The molecular formula is C18H35AlO6PS. The van der Waals surface area contributed by atoms with Crippen LogP contribution in [-0.4, -0.2) is 40.9 Å². The summed E-state index contributed by atoms with van der Waals surface area (Å²) in [6.45, 7) is 2.27. The Morgan fingerprint density at radius 3 is 1.11 bits per heavy atom. The number of hydrogen-bond donors (Lipinski definition) is 0. The molecule has 0 saturated carbocycles. The molecule has 0 aromatic heterocycles. The van der Waals surface area contributed by atoms with E-state index in [1.165, 1.54) is 83.5 Å². The Labute approximate surface area is 180 Å². The molecule has 157 valence electrons. The van der Waals surface area contributed by atoms with Gasteiger partial charge in [-0.25, -0.2) is 0 Å². The van der Waals surface area contributed by atoms with E-state index >= 15 is 0 Å². The van der Waals surface area contributed by atoms with Crippen LogP contribution in [0.2, 0.25) is 0 Å². The molecule has 0 aromatic rings. The van der Waals surface area contributed by atoms with Gasteiger partial charge in [0.2, 0.25) is 0 Å². The topological polar surface area (TPSA) is 120 Å². The SMILES string of the molecule is CCCCCCCCCCCCCCCCCC(=O)[O-].O=S(=O)([O-])[O-].[Al+].[P+2]. The van der Waals surface area contributed by atoms with Gasteiger partial charge in [-0.3, -0.25) is 8.42 Å². The van der Waals surface area contributed by atoms with E-state index in [1.807, 2.05) is 0 Å². The summed E-state index contributed by atoms with van der Waals surface area (Å²) in [5, 5.41) is 10.2. The van der Waals surface area contributed by atoms with Gasteiger partial charge in [0.1, 0.15) is 0 Å². The van der Waals surface area contributed by atoms with E-state index in [0.29, 0.717) is 0 Å². The minimum Gasteiger partial charge on any atom is -0.759 e. The molecule has 0 heterocycles. The number of carboxylic acids is 1. The van der Waals surface area contributed by atoms with Crippen molar-refractivity contribution < 1.29 is 27.4 Å². The molecule has 0 amide bonds. The summed E-state index contributed by atoms with van der Waals surface area (Å²) in [6.07, 6.45) is 19.9. The maximum absolute atomic E-state index is 10.2. The van der Waals surface area contributed by atoms with Crippen LogP contribution in [0.15, 0.2) is 0 Å². The predicted molar refractivity (Wildman–Crippen MR) is 108 cm³/mol. The second-order valence-electron chi connectivity index (χ2n) is 6.48. The molecule has 6 nitrogen and oxygen atoms in total. The van der Waals surface area contributed by atoms with Crippen LogP contribution in [0.3, 0.4) is 0 Å². The van der Waals surface area contributed by atoms with Crippen LogP contribution in [0.1, 0.15) is 110 Å². The van der Waals surface area contributed by atoms with Crippen molar-refractivity contribution in [3.63, 3.8) is 0 Å². The third kappa shape index (κ3) is 51.9. The number of unbranched alkanes of at least 4 members (excludes halogenated alkanes) is 14. The Morgan fingerprint density at radius 1 is 0.667 bits per heavy atom. The van der Waals surface area contributed by atoms with E-state index in [-0.39, 0.29) is 33.7 Å². The molecule has 0 aliphatic carbocycles. The van der Waals surface area contributed by atoms with Crippen LogP contribution in [0.5, 0.6) is 0 Å². The first-order valence-electron chi connectivity index (χ1n) is 9.64. The van der Waals surface area contributed by atoms with Crippen molar-refractivity contribution in [1.29, 1.82) is 0 Å². The Bertz CT molecular complexity index is 385. The molecule has 0 atom stereocenters. The van der Waals surface area contributed by atoms with E-state index < -0.39 is 16.4 Å². The van der Waals surface area contributed by atoms with Gasteiger partial charge in [0.25, 0.3) is 0 Å². The van der Waals surface area contributed by atoms with Gasteiger partial charge >= 0.3 is 27.3 Å². The Balaban J connectivity index is -0.000000333. The monoisotopic (exact) mass is 437 g/mol. The zero-order chi connectivity index (χ0) is 19.4. The molecule has 5 radical (unpaired) electrons. The Kier molecular flexibility index (Phi) is 33.6. The van der Waals surface area contributed by atoms with Crippen molar-refractivity contribution in [2.75, 3.05) is 0 Å². The average Bonchev–Trinajstić information content (AvgIpc) is 2.49. The minimum atomic E-state index is -5.17. The summed E-state index contributed by atoms with van der Waals surface area (Å²) < 4.78 is 34.1. The molecule has 27 heavy (non-hydrogen) atoms. The zero-order valence-electron chi connectivity index (χ0n) is 16.7. The zero-order valence-corrected chi connectivity index (χ0v) is 19.6. The van der Waals surface area contributed by atoms with Gasteiger partial charge in [0, 0.05) is 16.4 Å². The predicted octanol–water partition coefficient (Wildman–Crippen LogP) is 4.14. The van der Waals surface area contributed by atoms with Crippen molar-refractivity contribution in [1.82, 2.24) is 0 Å². The number of hydrogen-bond acceptors (Lipinski definition) is 6. The molecule has 0 aromatic carbocycles. The molecule has 0 bridgehead atoms. The van der Waals surface area contributed by atoms with Gasteiger partial charge in [-0.15, -0.1) is 0 Å². The van der Waals surface area contributed by atoms with Crippen molar-refractivity contribution in [2.45, 2.75) is 110 Å². The molecule has 0 saturated heterocycles. The Morgan fingerprint density at radius 2 is 0.889 bits per heavy atom. The smallest absolute Gasteiger partial charge is 0.759 e. The largest absolute Gasteiger partial charge is 2.00 e. The van der Waals surface area contributed by atoms with Gasteiger partial charge in [-0.1, -0.05) is 96.8 Å². The van der Waals surface area contributed by atoms with Gasteiger partial charge < -0.3 is 19.0 Å². The second-order valence-corrected chi connectivity index (χ2v) is 7.30. The van der Waals surface area contributed by atoms with E-state index in [2.05, 4.69) is 6.92 Å². The fraction of sp³-hybridized carbons (Fsp3) is 0.944. The van der Waals surface area contributed by atoms with E-state index in [4.69, 9.17) is 17.5 Å². The van der Waals surface area contributed by atoms with Crippen molar-refractivity contribution in [2.24, 2.45) is 0 Å². The van der Waals surface area contributed by atoms with Crippen molar-refractivity contribution >= 4 is 43.6 Å². The summed E-state index contributed by atoms with van der Waals surface area (Å²) in [6, 6.07) is 0. The van der Waals surface area contributed by atoms with Crippen LogP contribution >= 0.6 is 9.90 Å². The van der Waals surface area contributed by atoms with Gasteiger partial charge in [0.15, 0.2) is 0 Å². The number of aliphatic carboxylic acids is 1. The summed E-state index contributed by atoms with van der Waals surface area (Å²) >= 11 is 0. The number of carboxylic acid groups (broad SMARTS) is 1. The number of carbonyl (C=O) groups is 1.